The topological polar surface area (TPSA) is 72.4 Å². The molecule has 0 bridgehead atoms. The average Bonchev–Trinajstić information content (AvgIpc) is 2.62. The largest absolute Gasteiger partial charge is 0.369 e. The Kier molecular flexibility index (Phi) is 1.63. The lowest BCUT2D eigenvalue weighted by atomic mass is 9.86. The molecule has 1 aliphatic carbocycles. The first kappa shape index (κ1) is 8.01. The molecular weight excluding hydrogens is 154 g/mol. The van der Waals surface area contributed by atoms with E-state index >= 15 is 0 Å². The molecule has 12 heavy (non-hydrogen) atoms. The molecule has 0 atom stereocenters. The molecule has 68 valence electrons. The maximum absolute atomic E-state index is 10.5. The zero-order valence-electron chi connectivity index (χ0n) is 7.12. The predicted molar refractivity (Wildman–Crippen MR) is 45.3 cm³/mol. The minimum absolute atomic E-state index is 0.00938. The van der Waals surface area contributed by atoms with Crippen molar-refractivity contribution in [2.24, 2.45) is 17.4 Å². The van der Waals surface area contributed by atoms with Gasteiger partial charge >= 0.3 is 0 Å². The van der Waals surface area contributed by atoms with Crippen molar-refractivity contribution in [1.82, 2.24) is 4.90 Å². The number of primary amides is 1. The summed E-state index contributed by atoms with van der Waals surface area (Å²) >= 11 is 0. The van der Waals surface area contributed by atoms with Gasteiger partial charge in [0, 0.05) is 18.6 Å². The molecule has 4 N–H and O–H groups in total. The average molecular weight is 169 g/mol. The number of carbonyl (C=O) groups is 1. The maximum atomic E-state index is 10.5. The summed E-state index contributed by atoms with van der Waals surface area (Å²) in [4.78, 5) is 12.6. The van der Waals surface area contributed by atoms with Crippen LogP contribution >= 0.6 is 0 Å². The van der Waals surface area contributed by atoms with Gasteiger partial charge in [-0.2, -0.15) is 0 Å². The molecule has 1 heterocycles. The van der Waals surface area contributed by atoms with Crippen LogP contribution in [0.25, 0.3) is 0 Å². The Balaban J connectivity index is 1.78. The molecule has 2 rings (SSSR count). The summed E-state index contributed by atoms with van der Waals surface area (Å²) in [5.41, 5.74) is 11.2. The Morgan fingerprint density at radius 2 is 2.08 bits per heavy atom. The van der Waals surface area contributed by atoms with Gasteiger partial charge in [0.25, 0.3) is 0 Å². The predicted octanol–water partition coefficient (Wildman–Crippen LogP) is -1.11. The quantitative estimate of drug-likeness (QED) is 0.563. The van der Waals surface area contributed by atoms with Crippen LogP contribution in [0.4, 0.5) is 0 Å². The van der Waals surface area contributed by atoms with Crippen molar-refractivity contribution in [2.45, 2.75) is 18.4 Å². The van der Waals surface area contributed by atoms with E-state index in [1.165, 1.54) is 12.8 Å². The van der Waals surface area contributed by atoms with Crippen molar-refractivity contribution in [3.8, 4) is 0 Å². The molecule has 0 aromatic heterocycles. The zero-order chi connectivity index (χ0) is 8.77. The summed E-state index contributed by atoms with van der Waals surface area (Å²) in [5, 5.41) is 0. The molecule has 2 aliphatic rings. The molecule has 4 heteroatoms. The Hall–Kier alpha value is -0.610. The SMILES string of the molecule is NC(=O)CN1CC(N)(C2CC2)C1. The van der Waals surface area contributed by atoms with Crippen LogP contribution in [0.3, 0.4) is 0 Å². The highest BCUT2D eigenvalue weighted by atomic mass is 16.1. The van der Waals surface area contributed by atoms with Crippen molar-refractivity contribution in [3.63, 3.8) is 0 Å². The van der Waals surface area contributed by atoms with E-state index in [9.17, 15) is 4.79 Å². The highest BCUT2D eigenvalue weighted by Crippen LogP contribution is 2.42. The van der Waals surface area contributed by atoms with E-state index in [2.05, 4.69) is 0 Å². The van der Waals surface area contributed by atoms with Crippen LogP contribution in [0.1, 0.15) is 12.8 Å². The summed E-state index contributed by atoms with van der Waals surface area (Å²) in [6.45, 7) is 2.06. The van der Waals surface area contributed by atoms with Gasteiger partial charge in [-0.1, -0.05) is 0 Å². The second-order valence-electron chi connectivity index (χ2n) is 4.12. The van der Waals surface area contributed by atoms with Gasteiger partial charge in [-0.25, -0.2) is 0 Å². The standard InChI is InChI=1S/C8H15N3O/c9-7(12)3-11-4-8(10,5-11)6-1-2-6/h6H,1-5,10H2,(H2,9,12). The van der Waals surface area contributed by atoms with E-state index < -0.39 is 0 Å². The second kappa shape index (κ2) is 2.44. The number of hydrogen-bond donors (Lipinski definition) is 2. The maximum Gasteiger partial charge on any atom is 0.231 e. The molecule has 0 spiro atoms. The van der Waals surface area contributed by atoms with Crippen LogP contribution in [0.15, 0.2) is 0 Å². The van der Waals surface area contributed by atoms with Gasteiger partial charge in [-0.05, 0) is 18.8 Å². The lowest BCUT2D eigenvalue weighted by Gasteiger charge is -2.47. The molecule has 0 aromatic carbocycles. The third-order valence-electron chi connectivity index (χ3n) is 2.81. The molecule has 0 radical (unpaired) electrons. The second-order valence-corrected chi connectivity index (χ2v) is 4.12. The summed E-state index contributed by atoms with van der Waals surface area (Å²) in [6.07, 6.45) is 2.53. The first-order valence-corrected chi connectivity index (χ1v) is 4.40. The van der Waals surface area contributed by atoms with Crippen LogP contribution in [-0.2, 0) is 4.79 Å². The Morgan fingerprint density at radius 3 is 2.50 bits per heavy atom. The number of rotatable bonds is 3. The fraction of sp³-hybridized carbons (Fsp3) is 0.875. The number of amides is 1. The monoisotopic (exact) mass is 169 g/mol. The molecule has 1 saturated heterocycles. The molecular formula is C8H15N3O. The molecule has 2 fully saturated rings. The number of carbonyl (C=O) groups excluding carboxylic acids is 1. The summed E-state index contributed by atoms with van der Waals surface area (Å²) < 4.78 is 0. The Morgan fingerprint density at radius 1 is 1.50 bits per heavy atom. The number of likely N-dealkylation sites (tertiary alicyclic amines) is 1. The van der Waals surface area contributed by atoms with Crippen LogP contribution in [0, 0.1) is 5.92 Å². The number of hydrogen-bond acceptors (Lipinski definition) is 3. The van der Waals surface area contributed by atoms with Gasteiger partial charge in [0.2, 0.25) is 5.91 Å². The third kappa shape index (κ3) is 1.32. The smallest absolute Gasteiger partial charge is 0.231 e. The number of nitrogens with two attached hydrogens (primary N) is 2. The van der Waals surface area contributed by atoms with Gasteiger partial charge in [0.15, 0.2) is 0 Å². The van der Waals surface area contributed by atoms with Crippen molar-refractivity contribution in [2.75, 3.05) is 19.6 Å². The fourth-order valence-electron chi connectivity index (χ4n) is 2.03. The lowest BCUT2D eigenvalue weighted by Crippen LogP contribution is -2.69. The van der Waals surface area contributed by atoms with Crippen molar-refractivity contribution >= 4 is 5.91 Å². The van der Waals surface area contributed by atoms with Crippen LogP contribution in [0.5, 0.6) is 0 Å². The third-order valence-corrected chi connectivity index (χ3v) is 2.81. The number of nitrogens with zero attached hydrogens (tertiary/aromatic N) is 1. The van der Waals surface area contributed by atoms with E-state index in [-0.39, 0.29) is 11.4 Å². The normalized spacial score (nSPS) is 28.1. The van der Waals surface area contributed by atoms with Crippen LogP contribution in [0.2, 0.25) is 0 Å². The molecule has 4 nitrogen and oxygen atoms in total. The van der Waals surface area contributed by atoms with Gasteiger partial charge in [0.05, 0.1) is 6.54 Å². The van der Waals surface area contributed by atoms with Crippen LogP contribution < -0.4 is 11.5 Å². The van der Waals surface area contributed by atoms with E-state index in [1.54, 1.807) is 0 Å². The summed E-state index contributed by atoms with van der Waals surface area (Å²) in [7, 11) is 0. The van der Waals surface area contributed by atoms with Gasteiger partial charge < -0.3 is 11.5 Å². The molecule has 1 aliphatic heterocycles. The molecule has 1 amide bonds. The minimum Gasteiger partial charge on any atom is -0.369 e. The van der Waals surface area contributed by atoms with Crippen LogP contribution in [-0.4, -0.2) is 36.0 Å². The van der Waals surface area contributed by atoms with Crippen molar-refractivity contribution in [1.29, 1.82) is 0 Å². The van der Waals surface area contributed by atoms with Crippen molar-refractivity contribution in [3.05, 3.63) is 0 Å². The van der Waals surface area contributed by atoms with Gasteiger partial charge in [0.1, 0.15) is 0 Å². The molecule has 0 unspecified atom stereocenters. The highest BCUT2D eigenvalue weighted by Gasteiger charge is 2.50. The zero-order valence-corrected chi connectivity index (χ0v) is 7.12. The van der Waals surface area contributed by atoms with E-state index in [0.717, 1.165) is 13.1 Å². The first-order chi connectivity index (χ1) is 5.60. The van der Waals surface area contributed by atoms with E-state index in [4.69, 9.17) is 11.5 Å². The lowest BCUT2D eigenvalue weighted by molar-refractivity contribution is -0.121. The Bertz CT molecular complexity index is 206. The molecule has 0 aromatic rings. The minimum atomic E-state index is -0.257. The van der Waals surface area contributed by atoms with Gasteiger partial charge in [-0.15, -0.1) is 0 Å². The highest BCUT2D eigenvalue weighted by molar-refractivity contribution is 5.76. The van der Waals surface area contributed by atoms with E-state index in [1.807, 2.05) is 4.90 Å². The fourth-order valence-corrected chi connectivity index (χ4v) is 2.03. The summed E-state index contributed by atoms with van der Waals surface area (Å²) in [5.74, 6) is 0.453. The van der Waals surface area contributed by atoms with Crippen molar-refractivity contribution < 1.29 is 4.79 Å². The van der Waals surface area contributed by atoms with E-state index in [0.29, 0.717) is 12.5 Å². The Labute approximate surface area is 71.9 Å². The molecule has 1 saturated carbocycles. The summed E-state index contributed by atoms with van der Waals surface area (Å²) in [6, 6.07) is 0. The van der Waals surface area contributed by atoms with Gasteiger partial charge in [-0.3, -0.25) is 9.69 Å². The first-order valence-electron chi connectivity index (χ1n) is 4.40.